The Kier molecular flexibility index (Phi) is 5.73. The van der Waals surface area contributed by atoms with Crippen molar-refractivity contribution in [2.75, 3.05) is 5.32 Å². The van der Waals surface area contributed by atoms with Gasteiger partial charge in [0.15, 0.2) is 11.9 Å². The molecule has 5 rings (SSSR count). The quantitative estimate of drug-likeness (QED) is 0.310. The Bertz CT molecular complexity index is 1720. The molecular formula is C24H17F3N8O2. The fraction of sp³-hybridized carbons (Fsp3) is 0.125. The minimum Gasteiger partial charge on any atom is -0.369 e. The normalized spacial score (nSPS) is 12.4. The Hall–Kier alpha value is -4.96. The summed E-state index contributed by atoms with van der Waals surface area (Å²) in [5.74, 6) is 0. The number of aromatic nitrogens is 6. The van der Waals surface area contributed by atoms with Crippen LogP contribution in [0.4, 0.5) is 18.9 Å². The van der Waals surface area contributed by atoms with Crippen molar-refractivity contribution in [3.8, 4) is 17.4 Å². The Balaban J connectivity index is 1.58. The zero-order valence-corrected chi connectivity index (χ0v) is 19.0. The van der Waals surface area contributed by atoms with Crippen LogP contribution in [0.15, 0.2) is 66.0 Å². The number of aliphatic hydroxyl groups is 1. The van der Waals surface area contributed by atoms with E-state index in [1.165, 1.54) is 53.7 Å². The van der Waals surface area contributed by atoms with Crippen LogP contribution in [-0.2, 0) is 6.18 Å². The second kappa shape index (κ2) is 8.92. The van der Waals surface area contributed by atoms with Crippen LogP contribution < -0.4 is 10.9 Å². The molecule has 1 atom stereocenters. The molecule has 0 fully saturated rings. The van der Waals surface area contributed by atoms with Gasteiger partial charge in [-0.1, -0.05) is 6.07 Å². The highest BCUT2D eigenvalue weighted by molar-refractivity contribution is 5.89. The summed E-state index contributed by atoms with van der Waals surface area (Å²) >= 11 is 0. The van der Waals surface area contributed by atoms with Crippen LogP contribution in [0.25, 0.3) is 22.1 Å². The largest absolute Gasteiger partial charge is 0.433 e. The van der Waals surface area contributed by atoms with Gasteiger partial charge >= 0.3 is 6.18 Å². The van der Waals surface area contributed by atoms with E-state index in [1.54, 1.807) is 13.0 Å². The number of hydrogen-bond acceptors (Lipinski definition) is 7. The molecule has 0 radical (unpaired) electrons. The Labute approximate surface area is 206 Å². The first kappa shape index (κ1) is 23.8. The van der Waals surface area contributed by atoms with Gasteiger partial charge in [-0.25, -0.2) is 4.68 Å². The molecule has 0 spiro atoms. The van der Waals surface area contributed by atoms with Crippen molar-refractivity contribution in [3.05, 3.63) is 93.9 Å². The monoisotopic (exact) mass is 506 g/mol. The number of rotatable bonds is 5. The number of alkyl halides is 3. The van der Waals surface area contributed by atoms with Gasteiger partial charge in [-0.15, -0.1) is 0 Å². The minimum atomic E-state index is -4.90. The molecule has 10 nitrogen and oxygen atoms in total. The molecule has 3 heterocycles. The standard InChI is InChI=1S/C24H17F3N8O2/c1-13-9-20(35-30-7-8-31-35)14(11-28)10-18(13)33-23(37)17-12-32-34(21(17)24(25,26)27)19-4-2-3-16-15(19)5-6-29-22(16)36/h2-10,12,23,33,37H,1H3,(H,29,36). The summed E-state index contributed by atoms with van der Waals surface area (Å²) in [5, 5.41) is 35.4. The highest BCUT2D eigenvalue weighted by Crippen LogP contribution is 2.38. The van der Waals surface area contributed by atoms with Gasteiger partial charge in [0.05, 0.1) is 35.4 Å². The molecule has 2 aromatic carbocycles. The van der Waals surface area contributed by atoms with Crippen LogP contribution in [0.1, 0.15) is 28.6 Å². The van der Waals surface area contributed by atoms with E-state index in [2.05, 4.69) is 25.6 Å². The lowest BCUT2D eigenvalue weighted by Gasteiger charge is -2.19. The number of nitrogens with zero attached hydrogens (tertiary/aromatic N) is 6. The molecule has 0 amide bonds. The predicted molar refractivity (Wildman–Crippen MR) is 126 cm³/mol. The summed E-state index contributed by atoms with van der Waals surface area (Å²) in [6.07, 6.45) is -1.61. The summed E-state index contributed by atoms with van der Waals surface area (Å²) < 4.78 is 43.5. The Morgan fingerprint density at radius 2 is 1.86 bits per heavy atom. The Morgan fingerprint density at radius 1 is 1.11 bits per heavy atom. The zero-order chi connectivity index (χ0) is 26.3. The number of anilines is 1. The van der Waals surface area contributed by atoms with Crippen molar-refractivity contribution in [1.82, 2.24) is 29.8 Å². The summed E-state index contributed by atoms with van der Waals surface area (Å²) in [7, 11) is 0. The van der Waals surface area contributed by atoms with Gasteiger partial charge in [-0.05, 0) is 42.8 Å². The molecule has 13 heteroatoms. The second-order valence-corrected chi connectivity index (χ2v) is 8.06. The first-order chi connectivity index (χ1) is 17.7. The van der Waals surface area contributed by atoms with E-state index in [9.17, 15) is 28.3 Å². The number of aryl methyl sites for hydroxylation is 1. The topological polar surface area (TPSA) is 137 Å². The van der Waals surface area contributed by atoms with Gasteiger partial charge in [0.1, 0.15) is 11.8 Å². The van der Waals surface area contributed by atoms with Gasteiger partial charge in [-0.3, -0.25) is 4.79 Å². The molecule has 5 aromatic rings. The van der Waals surface area contributed by atoms with E-state index >= 15 is 0 Å². The van der Waals surface area contributed by atoms with Gasteiger partial charge in [0.2, 0.25) is 0 Å². The van der Waals surface area contributed by atoms with Crippen molar-refractivity contribution in [1.29, 1.82) is 5.26 Å². The molecule has 186 valence electrons. The zero-order valence-electron chi connectivity index (χ0n) is 19.0. The van der Waals surface area contributed by atoms with Crippen LogP contribution in [0.5, 0.6) is 0 Å². The molecule has 0 aliphatic rings. The summed E-state index contributed by atoms with van der Waals surface area (Å²) in [6, 6.07) is 10.8. The van der Waals surface area contributed by atoms with Crippen LogP contribution in [0.3, 0.4) is 0 Å². The third kappa shape index (κ3) is 4.19. The van der Waals surface area contributed by atoms with E-state index < -0.39 is 29.2 Å². The number of benzene rings is 2. The number of halogens is 3. The van der Waals surface area contributed by atoms with Gasteiger partial charge in [0, 0.05) is 22.7 Å². The molecular weight excluding hydrogens is 489 g/mol. The number of aliphatic hydroxyl groups excluding tert-OH is 1. The van der Waals surface area contributed by atoms with Crippen molar-refractivity contribution < 1.29 is 18.3 Å². The number of pyridine rings is 1. The maximum absolute atomic E-state index is 14.3. The number of nitrogens with one attached hydrogen (secondary N) is 2. The molecule has 1 unspecified atom stereocenters. The number of hydrogen-bond donors (Lipinski definition) is 3. The molecule has 0 aliphatic heterocycles. The fourth-order valence-corrected chi connectivity index (χ4v) is 4.09. The lowest BCUT2D eigenvalue weighted by molar-refractivity contribution is -0.144. The highest BCUT2D eigenvalue weighted by Gasteiger charge is 2.40. The van der Waals surface area contributed by atoms with Crippen LogP contribution in [0, 0.1) is 18.3 Å². The minimum absolute atomic E-state index is 0.0217. The summed E-state index contributed by atoms with van der Waals surface area (Å²) in [5.41, 5.74) is -0.908. The van der Waals surface area contributed by atoms with Crippen molar-refractivity contribution in [2.45, 2.75) is 19.3 Å². The number of aromatic amines is 1. The average Bonchev–Trinajstić information content (AvgIpc) is 3.55. The molecule has 3 aromatic heterocycles. The molecule has 3 N–H and O–H groups in total. The molecule has 0 bridgehead atoms. The van der Waals surface area contributed by atoms with E-state index in [0.717, 1.165) is 6.20 Å². The maximum atomic E-state index is 14.3. The lowest BCUT2D eigenvalue weighted by Crippen LogP contribution is -2.20. The molecule has 37 heavy (non-hydrogen) atoms. The molecule has 0 saturated heterocycles. The number of H-pyrrole nitrogens is 1. The van der Waals surface area contributed by atoms with Crippen LogP contribution >= 0.6 is 0 Å². The number of fused-ring (bicyclic) bond motifs is 1. The van der Waals surface area contributed by atoms with Gasteiger partial charge in [-0.2, -0.15) is 38.5 Å². The van der Waals surface area contributed by atoms with Crippen LogP contribution in [0.2, 0.25) is 0 Å². The van der Waals surface area contributed by atoms with Crippen molar-refractivity contribution in [3.63, 3.8) is 0 Å². The van der Waals surface area contributed by atoms with Crippen LogP contribution in [-0.4, -0.2) is 34.9 Å². The molecule has 0 aliphatic carbocycles. The van der Waals surface area contributed by atoms with Gasteiger partial charge in [0.25, 0.3) is 5.56 Å². The first-order valence-corrected chi connectivity index (χ1v) is 10.8. The summed E-state index contributed by atoms with van der Waals surface area (Å²) in [6.45, 7) is 1.66. The third-order valence-corrected chi connectivity index (χ3v) is 5.77. The SMILES string of the molecule is Cc1cc(-n2nccn2)c(C#N)cc1NC(O)c1cnn(-c2cccc3c(=O)[nH]ccc23)c1C(F)(F)F. The van der Waals surface area contributed by atoms with Gasteiger partial charge < -0.3 is 15.4 Å². The maximum Gasteiger partial charge on any atom is 0.433 e. The predicted octanol–water partition coefficient (Wildman–Crippen LogP) is 3.60. The Morgan fingerprint density at radius 3 is 2.57 bits per heavy atom. The van der Waals surface area contributed by atoms with E-state index in [4.69, 9.17) is 0 Å². The lowest BCUT2D eigenvalue weighted by atomic mass is 10.1. The molecule has 0 saturated carbocycles. The second-order valence-electron chi connectivity index (χ2n) is 8.06. The fourth-order valence-electron chi connectivity index (χ4n) is 4.09. The number of nitriles is 1. The summed E-state index contributed by atoms with van der Waals surface area (Å²) in [4.78, 5) is 15.9. The van der Waals surface area contributed by atoms with E-state index in [-0.39, 0.29) is 27.7 Å². The van der Waals surface area contributed by atoms with Crippen molar-refractivity contribution >= 4 is 16.5 Å². The van der Waals surface area contributed by atoms with E-state index in [1.807, 2.05) is 6.07 Å². The third-order valence-electron chi connectivity index (χ3n) is 5.77. The highest BCUT2D eigenvalue weighted by atomic mass is 19.4. The average molecular weight is 506 g/mol. The van der Waals surface area contributed by atoms with E-state index in [0.29, 0.717) is 15.9 Å². The van der Waals surface area contributed by atoms with Crippen molar-refractivity contribution in [2.24, 2.45) is 0 Å². The first-order valence-electron chi connectivity index (χ1n) is 10.8. The smallest absolute Gasteiger partial charge is 0.369 e.